The van der Waals surface area contributed by atoms with Gasteiger partial charge in [0, 0.05) is 16.6 Å². The van der Waals surface area contributed by atoms with Gasteiger partial charge in [0.1, 0.15) is 0 Å². The van der Waals surface area contributed by atoms with Gasteiger partial charge in [0.05, 0.1) is 17.3 Å². The number of hydrogen-bond acceptors (Lipinski definition) is 5. The fourth-order valence-electron chi connectivity index (χ4n) is 3.58. The molecule has 0 radical (unpaired) electrons. The third-order valence-corrected chi connectivity index (χ3v) is 5.64. The third-order valence-electron chi connectivity index (χ3n) is 5.39. The lowest BCUT2D eigenvalue weighted by molar-refractivity contribution is 0.377. The number of nitrogens with one attached hydrogen (secondary N) is 2. The van der Waals surface area contributed by atoms with E-state index in [4.69, 9.17) is 16.4 Å². The molecule has 5 nitrogen and oxygen atoms in total. The zero-order chi connectivity index (χ0) is 24.4. The van der Waals surface area contributed by atoms with E-state index in [-0.39, 0.29) is 16.9 Å². The molecular weight excluding hydrogens is 469 g/mol. The zero-order valence-electron chi connectivity index (χ0n) is 17.7. The molecule has 4 aromatic carbocycles. The Balaban J connectivity index is 1.70. The van der Waals surface area contributed by atoms with Crippen LogP contribution < -0.4 is 26.5 Å². The van der Waals surface area contributed by atoms with Crippen molar-refractivity contribution in [3.05, 3.63) is 126 Å². The summed E-state index contributed by atoms with van der Waals surface area (Å²) in [5.74, 6) is -4.46. The summed E-state index contributed by atoms with van der Waals surface area (Å²) < 4.78 is 41.6. The molecule has 2 unspecified atom stereocenters. The number of hydrogen-bond donors (Lipinski definition) is 2. The van der Waals surface area contributed by atoms with E-state index in [0.717, 1.165) is 12.1 Å². The molecule has 0 fully saturated rings. The lowest BCUT2D eigenvalue weighted by atomic mass is 9.92. The number of rotatable bonds is 8. The third kappa shape index (κ3) is 4.55. The molecular formula is C25H18ClF3N2O3. The SMILES string of the molecule is CC(NC(c1ccc(Cl)cc1)c1c(ONc2ccccc2)c(=O)c1=O)c1ccc(F)c(F)c1F. The van der Waals surface area contributed by atoms with Gasteiger partial charge in [-0.15, -0.1) is 0 Å². The molecule has 0 saturated heterocycles. The van der Waals surface area contributed by atoms with Crippen molar-refractivity contribution in [2.75, 3.05) is 5.48 Å². The first-order chi connectivity index (χ1) is 16.3. The Morgan fingerprint density at radius 1 is 0.853 bits per heavy atom. The Hall–Kier alpha value is -3.62. The van der Waals surface area contributed by atoms with Crippen molar-refractivity contribution < 1.29 is 18.0 Å². The van der Waals surface area contributed by atoms with Crippen molar-refractivity contribution in [3.8, 4) is 5.75 Å². The number of para-hydroxylation sites is 1. The number of benzene rings is 3. The predicted molar refractivity (Wildman–Crippen MR) is 123 cm³/mol. The summed E-state index contributed by atoms with van der Waals surface area (Å²) >= 11 is 5.98. The minimum Gasteiger partial charge on any atom is -0.377 e. The van der Waals surface area contributed by atoms with Crippen LogP contribution in [0.2, 0.25) is 5.02 Å². The number of anilines is 1. The molecule has 0 aliphatic carbocycles. The molecule has 174 valence electrons. The highest BCUT2D eigenvalue weighted by molar-refractivity contribution is 6.30. The highest BCUT2D eigenvalue weighted by atomic mass is 35.5. The molecule has 0 heterocycles. The van der Waals surface area contributed by atoms with Crippen LogP contribution in [0.15, 0.2) is 76.3 Å². The molecule has 4 rings (SSSR count). The molecule has 9 heteroatoms. The topological polar surface area (TPSA) is 67.4 Å². The maximum Gasteiger partial charge on any atom is 0.271 e. The van der Waals surface area contributed by atoms with Crippen LogP contribution >= 0.6 is 11.6 Å². The maximum atomic E-state index is 14.4. The zero-order valence-corrected chi connectivity index (χ0v) is 18.5. The first-order valence-electron chi connectivity index (χ1n) is 10.2. The second kappa shape index (κ2) is 9.70. The summed E-state index contributed by atoms with van der Waals surface area (Å²) in [6, 6.07) is 15.3. The Morgan fingerprint density at radius 2 is 1.53 bits per heavy atom. The number of halogens is 4. The van der Waals surface area contributed by atoms with Crippen LogP contribution in [0.3, 0.4) is 0 Å². The average Bonchev–Trinajstić information content (AvgIpc) is 2.84. The van der Waals surface area contributed by atoms with Gasteiger partial charge in [0.25, 0.3) is 5.43 Å². The minimum absolute atomic E-state index is 0.00518. The van der Waals surface area contributed by atoms with Crippen LogP contribution in [0.1, 0.15) is 35.7 Å². The van der Waals surface area contributed by atoms with Gasteiger partial charge in [-0.2, -0.15) is 0 Å². The standard InChI is InChI=1S/C25H18ClF3N2O3/c1-13(17-11-12-18(27)21(29)20(17)28)30-22(14-7-9-15(26)10-8-14)19-23(32)24(33)25(19)34-31-16-5-3-2-4-6-16/h2-13,22,30-31H,1H3. The highest BCUT2D eigenvalue weighted by Crippen LogP contribution is 2.31. The summed E-state index contributed by atoms with van der Waals surface area (Å²) in [5.41, 5.74) is 1.94. The smallest absolute Gasteiger partial charge is 0.271 e. The van der Waals surface area contributed by atoms with Crippen LogP contribution in [-0.2, 0) is 0 Å². The summed E-state index contributed by atoms with van der Waals surface area (Å²) in [4.78, 5) is 30.3. The van der Waals surface area contributed by atoms with Crippen molar-refractivity contribution in [1.82, 2.24) is 5.32 Å². The second-order valence-electron chi connectivity index (χ2n) is 7.61. The Morgan fingerprint density at radius 3 is 2.21 bits per heavy atom. The van der Waals surface area contributed by atoms with E-state index in [1.165, 1.54) is 6.92 Å². The molecule has 2 N–H and O–H groups in total. The Bertz CT molecular complexity index is 1390. The molecule has 0 saturated carbocycles. The maximum absolute atomic E-state index is 14.4. The summed E-state index contributed by atoms with van der Waals surface area (Å²) in [6.07, 6.45) is 0. The molecule has 0 spiro atoms. The van der Waals surface area contributed by atoms with E-state index < -0.39 is 40.4 Å². The fraction of sp³-hybridized carbons (Fsp3) is 0.120. The first kappa shape index (κ1) is 23.5. The monoisotopic (exact) mass is 486 g/mol. The van der Waals surface area contributed by atoms with Crippen LogP contribution in [0.25, 0.3) is 0 Å². The van der Waals surface area contributed by atoms with Crippen molar-refractivity contribution in [1.29, 1.82) is 0 Å². The minimum atomic E-state index is -1.60. The van der Waals surface area contributed by atoms with Crippen molar-refractivity contribution >= 4 is 17.3 Å². The van der Waals surface area contributed by atoms with Crippen LogP contribution in [0, 0.1) is 17.5 Å². The van der Waals surface area contributed by atoms with E-state index >= 15 is 0 Å². The van der Waals surface area contributed by atoms with Crippen LogP contribution in [0.4, 0.5) is 18.9 Å². The molecule has 4 aromatic rings. The molecule has 2 atom stereocenters. The van der Waals surface area contributed by atoms with Gasteiger partial charge in [0.2, 0.25) is 11.2 Å². The van der Waals surface area contributed by atoms with E-state index in [2.05, 4.69) is 10.8 Å². The summed E-state index contributed by atoms with van der Waals surface area (Å²) in [6.45, 7) is 1.52. The van der Waals surface area contributed by atoms with Gasteiger partial charge < -0.3 is 4.84 Å². The van der Waals surface area contributed by atoms with E-state index in [0.29, 0.717) is 16.3 Å². The van der Waals surface area contributed by atoms with Gasteiger partial charge in [-0.1, -0.05) is 48.0 Å². The van der Waals surface area contributed by atoms with E-state index in [1.54, 1.807) is 54.6 Å². The van der Waals surface area contributed by atoms with Crippen LogP contribution in [0.5, 0.6) is 5.75 Å². The summed E-state index contributed by atoms with van der Waals surface area (Å²) in [5, 5.41) is 3.47. The van der Waals surface area contributed by atoms with Crippen molar-refractivity contribution in [2.45, 2.75) is 19.0 Å². The van der Waals surface area contributed by atoms with E-state index in [1.807, 2.05) is 0 Å². The van der Waals surface area contributed by atoms with Gasteiger partial charge >= 0.3 is 0 Å². The molecule has 0 amide bonds. The molecule has 0 aromatic heterocycles. The Kier molecular flexibility index (Phi) is 6.72. The van der Waals surface area contributed by atoms with Gasteiger partial charge in [-0.3, -0.25) is 14.9 Å². The average molecular weight is 487 g/mol. The molecule has 0 bridgehead atoms. The van der Waals surface area contributed by atoms with Gasteiger partial charge in [0.15, 0.2) is 17.5 Å². The van der Waals surface area contributed by atoms with Crippen molar-refractivity contribution in [2.24, 2.45) is 0 Å². The highest BCUT2D eigenvalue weighted by Gasteiger charge is 2.33. The fourth-order valence-corrected chi connectivity index (χ4v) is 3.71. The first-order valence-corrected chi connectivity index (χ1v) is 10.6. The molecule has 0 aliphatic rings. The van der Waals surface area contributed by atoms with Crippen molar-refractivity contribution in [3.63, 3.8) is 0 Å². The lowest BCUT2D eigenvalue weighted by Gasteiger charge is -2.27. The normalized spacial score (nSPS) is 13.0. The Labute approximate surface area is 197 Å². The predicted octanol–water partition coefficient (Wildman–Crippen LogP) is 5.20. The summed E-state index contributed by atoms with van der Waals surface area (Å²) in [7, 11) is 0. The van der Waals surface area contributed by atoms with E-state index in [9.17, 15) is 22.8 Å². The van der Waals surface area contributed by atoms with Gasteiger partial charge in [-0.05, 0) is 42.8 Å². The van der Waals surface area contributed by atoms with Crippen LogP contribution in [-0.4, -0.2) is 0 Å². The molecule has 0 aliphatic heterocycles. The molecule has 34 heavy (non-hydrogen) atoms. The van der Waals surface area contributed by atoms with Gasteiger partial charge in [-0.25, -0.2) is 18.7 Å². The second-order valence-corrected chi connectivity index (χ2v) is 8.05. The largest absolute Gasteiger partial charge is 0.377 e. The quantitative estimate of drug-likeness (QED) is 0.203. The lowest BCUT2D eigenvalue weighted by Crippen LogP contribution is -2.43.